The molecule has 12 heteroatoms. The van der Waals surface area contributed by atoms with Gasteiger partial charge in [0, 0.05) is 19.6 Å². The fourth-order valence-corrected chi connectivity index (χ4v) is 4.79. The maximum absolute atomic E-state index is 14.6. The van der Waals surface area contributed by atoms with Gasteiger partial charge in [-0.1, -0.05) is 34.9 Å². The second-order valence-electron chi connectivity index (χ2n) is 7.25. The Morgan fingerprint density at radius 3 is 2.71 bits per heavy atom. The number of hydrogen-bond acceptors (Lipinski definition) is 7. The van der Waals surface area contributed by atoms with Gasteiger partial charge >= 0.3 is 6.03 Å². The van der Waals surface area contributed by atoms with Crippen molar-refractivity contribution in [1.29, 1.82) is 0 Å². The number of rotatable bonds is 9. The normalized spacial score (nSPS) is 27.2. The number of urea groups is 1. The summed E-state index contributed by atoms with van der Waals surface area (Å²) in [6.07, 6.45) is -0.728. The maximum Gasteiger partial charge on any atom is 0.315 e. The van der Waals surface area contributed by atoms with Crippen LogP contribution in [0, 0.1) is 0 Å². The molecule has 0 aromatic heterocycles. The number of amides is 3. The Morgan fingerprint density at radius 1 is 1.32 bits per heavy atom. The molecule has 0 spiro atoms. The monoisotopic (exact) mass is 475 g/mol. The molecule has 3 atom stereocenters. The maximum atomic E-state index is 14.6. The number of benzene rings is 1. The van der Waals surface area contributed by atoms with Crippen molar-refractivity contribution in [1.82, 2.24) is 20.1 Å². The Kier molecular flexibility index (Phi) is 8.76. The molecule has 2 heterocycles. The van der Waals surface area contributed by atoms with Gasteiger partial charge in [0.25, 0.3) is 0 Å². The van der Waals surface area contributed by atoms with E-state index in [4.69, 9.17) is 26.8 Å². The van der Waals surface area contributed by atoms with E-state index < -0.39 is 28.4 Å². The van der Waals surface area contributed by atoms with Gasteiger partial charge in [-0.3, -0.25) is 9.69 Å². The Morgan fingerprint density at radius 2 is 2.03 bits per heavy atom. The summed E-state index contributed by atoms with van der Waals surface area (Å²) < 4.78 is 25.6. The van der Waals surface area contributed by atoms with Gasteiger partial charge < -0.3 is 25.8 Å². The molecule has 4 N–H and O–H groups in total. The fraction of sp³-hybridized carbons (Fsp3) is 0.579. The lowest BCUT2D eigenvalue weighted by atomic mass is 10.1. The first-order chi connectivity index (χ1) is 14.9. The zero-order valence-electron chi connectivity index (χ0n) is 17.0. The van der Waals surface area contributed by atoms with E-state index in [1.807, 2.05) is 18.2 Å². The van der Waals surface area contributed by atoms with Gasteiger partial charge in [-0.2, -0.15) is 0 Å². The van der Waals surface area contributed by atoms with Crippen molar-refractivity contribution in [2.24, 2.45) is 5.73 Å². The highest BCUT2D eigenvalue weighted by Gasteiger charge is 2.61. The number of alkyl halides is 1. The topological polar surface area (TPSA) is 109 Å². The summed E-state index contributed by atoms with van der Waals surface area (Å²) in [6, 6.07) is 8.49. The van der Waals surface area contributed by atoms with Crippen LogP contribution in [-0.2, 0) is 20.9 Å². The van der Waals surface area contributed by atoms with Crippen LogP contribution in [0.2, 0.25) is 0 Å². The predicted molar refractivity (Wildman–Crippen MR) is 116 cm³/mol. The highest BCUT2D eigenvalue weighted by atomic mass is 35.5. The van der Waals surface area contributed by atoms with Crippen LogP contribution in [-0.4, -0.2) is 77.2 Å². The fourth-order valence-electron chi connectivity index (χ4n) is 3.32. The van der Waals surface area contributed by atoms with E-state index in [9.17, 15) is 14.1 Å². The van der Waals surface area contributed by atoms with Crippen LogP contribution in [0.3, 0.4) is 0 Å². The van der Waals surface area contributed by atoms with E-state index in [1.54, 1.807) is 12.1 Å². The zero-order valence-corrected chi connectivity index (χ0v) is 18.5. The first-order valence-electron chi connectivity index (χ1n) is 10.0. The van der Waals surface area contributed by atoms with Gasteiger partial charge in [0.2, 0.25) is 5.91 Å². The van der Waals surface area contributed by atoms with Crippen molar-refractivity contribution in [3.05, 3.63) is 35.9 Å². The van der Waals surface area contributed by atoms with Crippen LogP contribution in [0.15, 0.2) is 30.3 Å². The summed E-state index contributed by atoms with van der Waals surface area (Å²) in [5, 5.41) is 4.09. The molecule has 0 bridgehead atoms. The number of ether oxygens (including phenoxy) is 2. The first kappa shape index (κ1) is 24.0. The predicted octanol–water partition coefficient (Wildman–Crippen LogP) is 1.19. The lowest BCUT2D eigenvalue weighted by Gasteiger charge is -2.29. The minimum atomic E-state index is -1.99. The molecule has 1 aromatic carbocycles. The van der Waals surface area contributed by atoms with Crippen LogP contribution in [0.4, 0.5) is 9.28 Å². The molecule has 2 fully saturated rings. The molecule has 3 rings (SSSR count). The first-order valence-corrected chi connectivity index (χ1v) is 11.2. The third kappa shape index (κ3) is 6.21. The Hall–Kier alpha value is -1.63. The number of nitrogens with two attached hydrogens (primary N) is 1. The summed E-state index contributed by atoms with van der Waals surface area (Å²) in [6.45, 7) is 4.44. The van der Waals surface area contributed by atoms with Gasteiger partial charge in [-0.15, -0.1) is 16.1 Å². The Bertz CT molecular complexity index is 745. The molecular weight excluding hydrogens is 449 g/mol. The Labute approximate surface area is 189 Å². The molecular formula is C19H27ClFN5O4S. The van der Waals surface area contributed by atoms with Crippen molar-refractivity contribution < 1.29 is 23.5 Å². The molecule has 0 aliphatic carbocycles. The molecule has 9 nitrogen and oxygen atoms in total. The summed E-state index contributed by atoms with van der Waals surface area (Å²) in [5.74, 6) is -0.988. The standard InChI is InChI=1S/C19H27ClFN5O4S/c20-19(15(22)27)16(24-18(28)23-7-4-8-25-9-11-29-12-10-25)31-26(21)17(19)30-13-14-5-2-1-3-6-14/h1-3,5-6,16-17H,4,7-13H2,(H2,22,27)(H2,23,24,28). The van der Waals surface area contributed by atoms with Gasteiger partial charge in [0.15, 0.2) is 11.1 Å². The van der Waals surface area contributed by atoms with Crippen molar-refractivity contribution in [3.8, 4) is 0 Å². The molecule has 31 heavy (non-hydrogen) atoms. The second kappa shape index (κ2) is 11.3. The number of hydrogen-bond donors (Lipinski definition) is 3. The summed E-state index contributed by atoms with van der Waals surface area (Å²) in [7, 11) is 0. The largest absolute Gasteiger partial charge is 0.379 e. The van der Waals surface area contributed by atoms with Crippen molar-refractivity contribution in [2.75, 3.05) is 39.4 Å². The third-order valence-electron chi connectivity index (χ3n) is 5.06. The summed E-state index contributed by atoms with van der Waals surface area (Å²) in [5.41, 5.74) is 6.26. The van der Waals surface area contributed by atoms with Gasteiger partial charge in [0.05, 0.1) is 19.8 Å². The smallest absolute Gasteiger partial charge is 0.315 e. The highest BCUT2D eigenvalue weighted by Crippen LogP contribution is 2.45. The summed E-state index contributed by atoms with van der Waals surface area (Å²) in [4.78, 5) is 24.7. The van der Waals surface area contributed by atoms with Crippen LogP contribution in [0.25, 0.3) is 0 Å². The molecule has 2 aliphatic heterocycles. The van der Waals surface area contributed by atoms with Gasteiger partial charge in [-0.25, -0.2) is 4.79 Å². The lowest BCUT2D eigenvalue weighted by Crippen LogP contribution is -2.59. The molecule has 1 aromatic rings. The molecule has 0 saturated carbocycles. The zero-order chi connectivity index (χ0) is 22.3. The number of carbonyl (C=O) groups excluding carboxylic acids is 2. The van der Waals surface area contributed by atoms with Crippen LogP contribution < -0.4 is 16.4 Å². The van der Waals surface area contributed by atoms with E-state index in [1.165, 1.54) is 0 Å². The molecule has 0 radical (unpaired) electrons. The lowest BCUT2D eigenvalue weighted by molar-refractivity contribution is -0.139. The van der Waals surface area contributed by atoms with E-state index in [0.29, 0.717) is 31.7 Å². The number of carbonyl (C=O) groups is 2. The van der Waals surface area contributed by atoms with E-state index >= 15 is 0 Å². The van der Waals surface area contributed by atoms with E-state index in [0.717, 1.165) is 31.6 Å². The number of nitrogens with zero attached hydrogens (tertiary/aromatic N) is 2. The SMILES string of the molecule is NC(=O)C1(Cl)C(NC(=O)NCCCN2CCOCC2)SN(F)C1OCc1ccccc1. The van der Waals surface area contributed by atoms with Crippen molar-refractivity contribution >= 4 is 35.5 Å². The third-order valence-corrected chi connectivity index (χ3v) is 6.88. The van der Waals surface area contributed by atoms with E-state index in [2.05, 4.69) is 15.5 Å². The minimum absolute atomic E-state index is 0.0225. The number of morpholine rings is 1. The quantitative estimate of drug-likeness (QED) is 0.213. The molecule has 2 aliphatic rings. The van der Waals surface area contributed by atoms with Crippen LogP contribution in [0.1, 0.15) is 12.0 Å². The average Bonchev–Trinajstić information content (AvgIpc) is 3.01. The number of halogens is 2. The molecule has 3 unspecified atom stereocenters. The van der Waals surface area contributed by atoms with E-state index in [-0.39, 0.29) is 11.1 Å². The highest BCUT2D eigenvalue weighted by molar-refractivity contribution is 7.98. The summed E-state index contributed by atoms with van der Waals surface area (Å²) >= 11 is 6.99. The van der Waals surface area contributed by atoms with Gasteiger partial charge in [-0.05, 0) is 30.5 Å². The molecule has 3 amide bonds. The van der Waals surface area contributed by atoms with Gasteiger partial charge in [0.1, 0.15) is 5.37 Å². The number of primary amides is 1. The van der Waals surface area contributed by atoms with Crippen molar-refractivity contribution in [3.63, 3.8) is 0 Å². The van der Waals surface area contributed by atoms with Crippen LogP contribution in [0.5, 0.6) is 0 Å². The minimum Gasteiger partial charge on any atom is -0.379 e. The molecule has 2 saturated heterocycles. The van der Waals surface area contributed by atoms with Crippen LogP contribution >= 0.6 is 23.5 Å². The number of nitrogens with one attached hydrogen (secondary N) is 2. The average molecular weight is 476 g/mol. The Balaban J connectivity index is 1.50. The molecule has 172 valence electrons. The van der Waals surface area contributed by atoms with Crippen molar-refractivity contribution in [2.45, 2.75) is 29.5 Å². The second-order valence-corrected chi connectivity index (χ2v) is 8.90.